The maximum absolute atomic E-state index is 12.6. The van der Waals surface area contributed by atoms with Crippen molar-refractivity contribution in [3.63, 3.8) is 0 Å². The summed E-state index contributed by atoms with van der Waals surface area (Å²) in [6.07, 6.45) is 0. The minimum atomic E-state index is -0.0909. The van der Waals surface area contributed by atoms with Crippen molar-refractivity contribution in [2.45, 2.75) is 13.0 Å². The zero-order valence-corrected chi connectivity index (χ0v) is 13.8. The minimum Gasteiger partial charge on any atom is -0.382 e. The first-order chi connectivity index (χ1) is 11.1. The highest BCUT2D eigenvalue weighted by Gasteiger charge is 2.26. The van der Waals surface area contributed by atoms with Gasteiger partial charge in [-0.3, -0.25) is 4.68 Å². The second kappa shape index (κ2) is 6.55. The molecule has 2 heterocycles. The predicted octanol–water partition coefficient (Wildman–Crippen LogP) is 1.33. The van der Waals surface area contributed by atoms with E-state index in [4.69, 9.17) is 4.74 Å². The van der Waals surface area contributed by atoms with Gasteiger partial charge < -0.3 is 20.3 Å². The fourth-order valence-corrected chi connectivity index (χ4v) is 3.08. The number of carbonyl (C=O) groups excluding carboxylic acids is 1. The monoisotopic (exact) mass is 317 g/mol. The number of fused-ring (bicyclic) bond motifs is 1. The largest absolute Gasteiger partial charge is 0.382 e. The Balaban J connectivity index is 1.77. The van der Waals surface area contributed by atoms with E-state index in [-0.39, 0.29) is 12.1 Å². The van der Waals surface area contributed by atoms with Gasteiger partial charge in [-0.15, -0.1) is 0 Å². The molecule has 0 aliphatic carbocycles. The number of piperazine rings is 1. The minimum absolute atomic E-state index is 0.0522. The van der Waals surface area contributed by atoms with E-state index in [2.05, 4.69) is 15.7 Å². The van der Waals surface area contributed by atoms with Crippen molar-refractivity contribution in [1.29, 1.82) is 0 Å². The van der Waals surface area contributed by atoms with Crippen LogP contribution in [0, 0.1) is 6.92 Å². The average molecular weight is 317 g/mol. The number of ether oxygens (including phenoxy) is 1. The highest BCUT2D eigenvalue weighted by atomic mass is 16.5. The summed E-state index contributed by atoms with van der Waals surface area (Å²) in [6.45, 7) is 4.73. The lowest BCUT2D eigenvalue weighted by Gasteiger charge is -2.35. The van der Waals surface area contributed by atoms with Gasteiger partial charge in [-0.2, -0.15) is 5.10 Å². The number of carbonyl (C=O) groups is 1. The Morgan fingerprint density at radius 3 is 3.13 bits per heavy atom. The fraction of sp³-hybridized carbons (Fsp3) is 0.500. The number of nitrogens with one attached hydrogen (secondary N) is 2. The summed E-state index contributed by atoms with van der Waals surface area (Å²) < 4.78 is 7.05. The Bertz CT molecular complexity index is 710. The summed E-state index contributed by atoms with van der Waals surface area (Å²) in [5.74, 6) is 0. The molecule has 2 aromatic rings. The van der Waals surface area contributed by atoms with Gasteiger partial charge >= 0.3 is 6.03 Å². The molecular weight excluding hydrogens is 294 g/mol. The first kappa shape index (κ1) is 15.8. The van der Waals surface area contributed by atoms with Crippen molar-refractivity contribution in [3.8, 4) is 0 Å². The number of benzene rings is 1. The van der Waals surface area contributed by atoms with Gasteiger partial charge in [0.15, 0.2) is 0 Å². The van der Waals surface area contributed by atoms with Gasteiger partial charge in [-0.25, -0.2) is 4.79 Å². The van der Waals surface area contributed by atoms with E-state index in [0.717, 1.165) is 35.4 Å². The van der Waals surface area contributed by atoms with Gasteiger partial charge in [-0.05, 0) is 25.1 Å². The van der Waals surface area contributed by atoms with Gasteiger partial charge in [0, 0.05) is 44.9 Å². The molecular formula is C16H23N5O2. The number of anilines is 1. The topological polar surface area (TPSA) is 71.4 Å². The van der Waals surface area contributed by atoms with Crippen LogP contribution >= 0.6 is 0 Å². The van der Waals surface area contributed by atoms with Crippen molar-refractivity contribution >= 4 is 22.6 Å². The van der Waals surface area contributed by atoms with Crippen LogP contribution < -0.4 is 10.6 Å². The molecule has 0 saturated carbocycles. The van der Waals surface area contributed by atoms with Gasteiger partial charge in [0.05, 0.1) is 23.9 Å². The van der Waals surface area contributed by atoms with Gasteiger partial charge in [-0.1, -0.05) is 0 Å². The zero-order valence-electron chi connectivity index (χ0n) is 13.8. The Morgan fingerprint density at radius 2 is 2.35 bits per heavy atom. The van der Waals surface area contributed by atoms with E-state index >= 15 is 0 Å². The molecule has 0 spiro atoms. The van der Waals surface area contributed by atoms with Crippen LogP contribution in [0.5, 0.6) is 0 Å². The Morgan fingerprint density at radius 1 is 1.52 bits per heavy atom. The van der Waals surface area contributed by atoms with Crippen LogP contribution in [0.4, 0.5) is 10.5 Å². The number of nitrogens with zero attached hydrogens (tertiary/aromatic N) is 3. The number of amides is 2. The van der Waals surface area contributed by atoms with Crippen LogP contribution in [0.3, 0.4) is 0 Å². The second-order valence-electron chi connectivity index (χ2n) is 5.88. The molecule has 0 radical (unpaired) electrons. The van der Waals surface area contributed by atoms with E-state index in [1.165, 1.54) is 0 Å². The summed E-state index contributed by atoms with van der Waals surface area (Å²) in [7, 11) is 3.56. The molecule has 1 fully saturated rings. The van der Waals surface area contributed by atoms with E-state index in [9.17, 15) is 4.79 Å². The lowest BCUT2D eigenvalue weighted by Crippen LogP contribution is -2.56. The van der Waals surface area contributed by atoms with Crippen LogP contribution in [0.15, 0.2) is 18.2 Å². The summed E-state index contributed by atoms with van der Waals surface area (Å²) >= 11 is 0. The quantitative estimate of drug-likeness (QED) is 0.896. The normalized spacial score (nSPS) is 18.4. The molecule has 1 atom stereocenters. The first-order valence-corrected chi connectivity index (χ1v) is 7.81. The van der Waals surface area contributed by atoms with Crippen molar-refractivity contribution in [2.24, 2.45) is 7.05 Å². The number of urea groups is 1. The third kappa shape index (κ3) is 3.16. The maximum Gasteiger partial charge on any atom is 0.322 e. The van der Waals surface area contributed by atoms with Gasteiger partial charge in [0.2, 0.25) is 0 Å². The van der Waals surface area contributed by atoms with E-state index < -0.39 is 0 Å². The predicted molar refractivity (Wildman–Crippen MR) is 89.7 cm³/mol. The smallest absolute Gasteiger partial charge is 0.322 e. The Kier molecular flexibility index (Phi) is 4.49. The molecule has 7 heteroatoms. The summed E-state index contributed by atoms with van der Waals surface area (Å²) in [5, 5.41) is 11.8. The summed E-state index contributed by atoms with van der Waals surface area (Å²) in [5.41, 5.74) is 2.77. The molecule has 1 aliphatic heterocycles. The van der Waals surface area contributed by atoms with E-state index in [0.29, 0.717) is 13.2 Å². The molecule has 0 bridgehead atoms. The highest BCUT2D eigenvalue weighted by molar-refractivity contribution is 5.93. The number of hydrogen-bond acceptors (Lipinski definition) is 4. The van der Waals surface area contributed by atoms with Crippen LogP contribution in [0.1, 0.15) is 5.69 Å². The van der Waals surface area contributed by atoms with Crippen LogP contribution in [0.2, 0.25) is 0 Å². The Labute approximate surface area is 135 Å². The molecule has 1 aromatic heterocycles. The van der Waals surface area contributed by atoms with Gasteiger partial charge in [0.25, 0.3) is 0 Å². The van der Waals surface area contributed by atoms with Crippen molar-refractivity contribution in [3.05, 3.63) is 23.9 Å². The molecule has 23 heavy (non-hydrogen) atoms. The van der Waals surface area contributed by atoms with Crippen LogP contribution in [-0.4, -0.2) is 60.1 Å². The average Bonchev–Trinajstić information content (AvgIpc) is 2.82. The molecule has 1 saturated heterocycles. The number of hydrogen-bond donors (Lipinski definition) is 2. The third-order valence-electron chi connectivity index (χ3n) is 4.26. The van der Waals surface area contributed by atoms with Gasteiger partial charge in [0.1, 0.15) is 0 Å². The molecule has 1 unspecified atom stereocenters. The molecule has 7 nitrogen and oxygen atoms in total. The van der Waals surface area contributed by atoms with Crippen molar-refractivity contribution in [1.82, 2.24) is 20.0 Å². The van der Waals surface area contributed by atoms with Crippen LogP contribution in [0.25, 0.3) is 10.9 Å². The maximum atomic E-state index is 12.6. The molecule has 1 aliphatic rings. The van der Waals surface area contributed by atoms with Crippen molar-refractivity contribution in [2.75, 3.05) is 38.7 Å². The SMILES string of the molecule is COCC1CNCCN1C(=O)Nc1ccc2c(C)nn(C)c2c1. The molecule has 3 rings (SSSR count). The molecule has 1 aromatic carbocycles. The number of aryl methyl sites for hydroxylation is 2. The number of methoxy groups -OCH3 is 1. The fourth-order valence-electron chi connectivity index (χ4n) is 3.08. The molecule has 2 N–H and O–H groups in total. The summed E-state index contributed by atoms with van der Waals surface area (Å²) in [4.78, 5) is 14.4. The van der Waals surface area contributed by atoms with E-state index in [1.807, 2.05) is 41.8 Å². The standard InChI is InChI=1S/C16H23N5O2/c1-11-14-5-4-12(8-15(14)20(2)19-11)18-16(22)21-7-6-17-9-13(21)10-23-3/h4-5,8,13,17H,6-7,9-10H2,1-3H3,(H,18,22). The highest BCUT2D eigenvalue weighted by Crippen LogP contribution is 2.22. The lowest BCUT2D eigenvalue weighted by molar-refractivity contribution is 0.0950. The third-order valence-corrected chi connectivity index (χ3v) is 4.26. The van der Waals surface area contributed by atoms with Crippen LogP contribution in [-0.2, 0) is 11.8 Å². The second-order valence-corrected chi connectivity index (χ2v) is 5.88. The first-order valence-electron chi connectivity index (χ1n) is 7.81. The number of rotatable bonds is 3. The number of aromatic nitrogens is 2. The summed E-state index contributed by atoms with van der Waals surface area (Å²) in [6, 6.07) is 5.84. The lowest BCUT2D eigenvalue weighted by atomic mass is 10.2. The molecule has 2 amide bonds. The van der Waals surface area contributed by atoms with E-state index in [1.54, 1.807) is 7.11 Å². The van der Waals surface area contributed by atoms with Crippen molar-refractivity contribution < 1.29 is 9.53 Å². The Hall–Kier alpha value is -2.12. The zero-order chi connectivity index (χ0) is 16.4. The molecule has 124 valence electrons.